The van der Waals surface area contributed by atoms with Gasteiger partial charge in [0.1, 0.15) is 13.2 Å². The molecule has 0 saturated heterocycles. The highest BCUT2D eigenvalue weighted by molar-refractivity contribution is 8.76. The molecule has 0 bridgehead atoms. The predicted molar refractivity (Wildman–Crippen MR) is 135 cm³/mol. The molecule has 0 unspecified atom stereocenters. The van der Waals surface area contributed by atoms with E-state index in [1.54, 1.807) is 13.8 Å². The molecule has 0 N–H and O–H groups in total. The van der Waals surface area contributed by atoms with Gasteiger partial charge in [0.25, 0.3) is 11.1 Å². The number of hydrogen-bond acceptors (Lipinski definition) is 8. The molecule has 0 fully saturated rings. The second-order valence-electron chi connectivity index (χ2n) is 8.67. The largest absolute Gasteiger partial charge is 0.459 e. The van der Waals surface area contributed by atoms with Crippen LogP contribution in [0.5, 0.6) is 0 Å². The second-order valence-corrected chi connectivity index (χ2v) is 11.4. The van der Waals surface area contributed by atoms with E-state index in [1.807, 2.05) is 21.6 Å². The maximum atomic E-state index is 12.7. The Hall–Kier alpha value is -1.94. The van der Waals surface area contributed by atoms with Crippen molar-refractivity contribution >= 4 is 33.5 Å². The number of hydrogen-bond donors (Lipinski definition) is 0. The number of carbonyl (C=O) groups is 2. The van der Waals surface area contributed by atoms with Gasteiger partial charge in [-0.2, -0.15) is 4.52 Å². The van der Waals surface area contributed by atoms with Crippen LogP contribution in [0.3, 0.4) is 0 Å². The molecule has 188 valence electrons. The lowest BCUT2D eigenvalue weighted by Gasteiger charge is -2.09. The van der Waals surface area contributed by atoms with Crippen LogP contribution in [0.2, 0.25) is 0 Å². The molecule has 0 spiro atoms. The molecule has 0 aliphatic carbocycles. The standard InChI is InChI=1S/C24H34N2O6S2/c1-17-19-15-31-21(27)11-7-3-5-9-13-33-34-14-10-6-4-8-12-22(28)32-16-20-18(2)24(30)26(23(17)29)25(19)20/h3-16H2,1-2H3. The highest BCUT2D eigenvalue weighted by Gasteiger charge is 2.24. The van der Waals surface area contributed by atoms with E-state index >= 15 is 0 Å². The molecule has 1 aliphatic heterocycles. The van der Waals surface area contributed by atoms with Crippen LogP contribution in [0, 0.1) is 13.8 Å². The highest BCUT2D eigenvalue weighted by Crippen LogP contribution is 2.25. The number of cyclic esters (lactones) is 2. The molecule has 0 radical (unpaired) electrons. The normalized spacial score (nSPS) is 19.0. The Morgan fingerprint density at radius 1 is 0.588 bits per heavy atom. The maximum Gasteiger partial charge on any atom is 0.306 e. The summed E-state index contributed by atoms with van der Waals surface area (Å²) in [4.78, 5) is 50.0. The smallest absolute Gasteiger partial charge is 0.306 e. The van der Waals surface area contributed by atoms with Crippen LogP contribution >= 0.6 is 21.6 Å². The van der Waals surface area contributed by atoms with Gasteiger partial charge in [0.05, 0.1) is 11.4 Å². The van der Waals surface area contributed by atoms with Crippen molar-refractivity contribution in [2.45, 2.75) is 91.3 Å². The van der Waals surface area contributed by atoms with Crippen molar-refractivity contribution in [3.63, 3.8) is 0 Å². The van der Waals surface area contributed by atoms with Crippen LogP contribution in [0.15, 0.2) is 9.59 Å². The number of nitrogens with zero attached hydrogens (tertiary/aromatic N) is 2. The number of rotatable bonds is 0. The zero-order valence-electron chi connectivity index (χ0n) is 20.1. The van der Waals surface area contributed by atoms with Crippen LogP contribution in [0.1, 0.15) is 86.7 Å². The molecule has 2 aromatic heterocycles. The van der Waals surface area contributed by atoms with Gasteiger partial charge in [-0.25, -0.2) is 4.52 Å². The van der Waals surface area contributed by atoms with Gasteiger partial charge in [-0.3, -0.25) is 19.2 Å². The Morgan fingerprint density at radius 2 is 1.00 bits per heavy atom. The summed E-state index contributed by atoms with van der Waals surface area (Å²) in [7, 11) is 3.82. The van der Waals surface area contributed by atoms with E-state index in [9.17, 15) is 19.2 Å². The lowest BCUT2D eigenvalue weighted by atomic mass is 10.1. The van der Waals surface area contributed by atoms with Crippen molar-refractivity contribution in [3.05, 3.63) is 43.2 Å². The Balaban J connectivity index is 1.76. The Bertz CT molecular complexity index is 1010. The maximum absolute atomic E-state index is 12.7. The van der Waals surface area contributed by atoms with Gasteiger partial charge in [-0.15, -0.1) is 0 Å². The van der Waals surface area contributed by atoms with Crippen LogP contribution in [-0.2, 0) is 32.3 Å². The third-order valence-electron chi connectivity index (χ3n) is 6.14. The molecule has 10 heteroatoms. The predicted octanol–water partition coefficient (Wildman–Crippen LogP) is 4.20. The third kappa shape index (κ3) is 6.81. The quantitative estimate of drug-likeness (QED) is 0.384. The molecule has 34 heavy (non-hydrogen) atoms. The molecular formula is C24H34N2O6S2. The first kappa shape index (κ1) is 26.7. The first-order valence-electron chi connectivity index (χ1n) is 12.1. The van der Waals surface area contributed by atoms with E-state index in [2.05, 4.69) is 0 Å². The minimum absolute atomic E-state index is 0.112. The van der Waals surface area contributed by atoms with Crippen molar-refractivity contribution < 1.29 is 19.1 Å². The number of carbonyl (C=O) groups excluding carboxylic acids is 2. The molecule has 0 saturated carbocycles. The van der Waals surface area contributed by atoms with Crippen LogP contribution < -0.4 is 11.1 Å². The van der Waals surface area contributed by atoms with Gasteiger partial charge in [0, 0.05) is 35.5 Å². The Morgan fingerprint density at radius 3 is 1.44 bits per heavy atom. The summed E-state index contributed by atoms with van der Waals surface area (Å²) >= 11 is 0. The van der Waals surface area contributed by atoms with Crippen molar-refractivity contribution in [2.75, 3.05) is 11.5 Å². The van der Waals surface area contributed by atoms with Crippen LogP contribution in [-0.4, -0.2) is 32.5 Å². The summed E-state index contributed by atoms with van der Waals surface area (Å²) in [6, 6.07) is 0. The van der Waals surface area contributed by atoms with E-state index in [4.69, 9.17) is 9.47 Å². The average molecular weight is 511 g/mol. The number of ether oxygens (including phenoxy) is 2. The van der Waals surface area contributed by atoms with E-state index < -0.39 is 11.1 Å². The first-order valence-corrected chi connectivity index (χ1v) is 14.5. The fourth-order valence-corrected chi connectivity index (χ4v) is 6.32. The minimum Gasteiger partial charge on any atom is -0.459 e. The molecule has 0 atom stereocenters. The van der Waals surface area contributed by atoms with Gasteiger partial charge in [-0.1, -0.05) is 47.3 Å². The summed E-state index contributed by atoms with van der Waals surface area (Å²) in [5.41, 5.74) is 0.658. The van der Waals surface area contributed by atoms with Gasteiger partial charge in [-0.05, 0) is 39.5 Å². The van der Waals surface area contributed by atoms with Crippen molar-refractivity contribution in [2.24, 2.45) is 0 Å². The monoisotopic (exact) mass is 510 g/mol. The SMILES string of the molecule is Cc1c2n3c(c(C)c(=O)n3c1=O)COC(=O)CCCCCCSSCCCCCCC(=O)OC2. The van der Waals surface area contributed by atoms with Gasteiger partial charge < -0.3 is 9.47 Å². The van der Waals surface area contributed by atoms with E-state index in [-0.39, 0.29) is 25.2 Å². The van der Waals surface area contributed by atoms with Gasteiger partial charge >= 0.3 is 11.9 Å². The molecule has 3 rings (SSSR count). The number of esters is 2. The Kier molecular flexibility index (Phi) is 10.4. The third-order valence-corrected chi connectivity index (χ3v) is 8.72. The highest BCUT2D eigenvalue weighted by atomic mass is 33.1. The Labute approximate surface area is 207 Å². The lowest BCUT2D eigenvalue weighted by Crippen LogP contribution is -2.23. The molecule has 2 aromatic rings. The molecule has 1 aliphatic rings. The first-order chi connectivity index (χ1) is 16.4. The topological polar surface area (TPSA) is 95.6 Å². The van der Waals surface area contributed by atoms with E-state index in [1.165, 1.54) is 4.52 Å². The summed E-state index contributed by atoms with van der Waals surface area (Å²) < 4.78 is 13.4. The summed E-state index contributed by atoms with van der Waals surface area (Å²) in [5.74, 6) is 1.58. The summed E-state index contributed by atoms with van der Waals surface area (Å²) in [6.45, 7) is 3.00. The summed E-state index contributed by atoms with van der Waals surface area (Å²) in [6.07, 6.45) is 8.59. The van der Waals surface area contributed by atoms with E-state index in [0.29, 0.717) is 35.4 Å². The number of aromatic nitrogens is 2. The average Bonchev–Trinajstić information content (AvgIpc) is 3.20. The van der Waals surface area contributed by atoms with Crippen molar-refractivity contribution in [1.29, 1.82) is 0 Å². The van der Waals surface area contributed by atoms with Crippen LogP contribution in [0.4, 0.5) is 0 Å². The van der Waals surface area contributed by atoms with Crippen molar-refractivity contribution in [3.8, 4) is 0 Å². The van der Waals surface area contributed by atoms with Gasteiger partial charge in [0.15, 0.2) is 0 Å². The molecular weight excluding hydrogens is 476 g/mol. The zero-order valence-corrected chi connectivity index (χ0v) is 21.7. The second kappa shape index (κ2) is 13.2. The molecule has 0 amide bonds. The minimum atomic E-state index is -0.450. The zero-order chi connectivity index (χ0) is 24.5. The van der Waals surface area contributed by atoms with Gasteiger partial charge in [0.2, 0.25) is 0 Å². The fourth-order valence-electron chi connectivity index (χ4n) is 4.03. The van der Waals surface area contributed by atoms with Crippen LogP contribution in [0.25, 0.3) is 0 Å². The van der Waals surface area contributed by atoms with Crippen molar-refractivity contribution in [1.82, 2.24) is 9.03 Å². The lowest BCUT2D eigenvalue weighted by molar-refractivity contribution is -0.145. The summed E-state index contributed by atoms with van der Waals surface area (Å²) in [5, 5.41) is 0. The molecule has 8 nitrogen and oxygen atoms in total. The fraction of sp³-hybridized carbons (Fsp3) is 0.667. The van der Waals surface area contributed by atoms with E-state index in [0.717, 1.165) is 67.4 Å². The molecule has 0 aromatic carbocycles. The molecule has 3 heterocycles.